The van der Waals surface area contributed by atoms with Crippen LogP contribution in [0.4, 0.5) is 4.79 Å². The van der Waals surface area contributed by atoms with E-state index in [2.05, 4.69) is 10.6 Å². The smallest absolute Gasteiger partial charge is 0.322 e. The molecule has 1 unspecified atom stereocenters. The van der Waals surface area contributed by atoms with E-state index in [9.17, 15) is 14.4 Å². The van der Waals surface area contributed by atoms with Gasteiger partial charge in [0.1, 0.15) is 5.75 Å². The Kier molecular flexibility index (Phi) is 4.95. The molecule has 0 bridgehead atoms. The molecule has 4 amide bonds. The first kappa shape index (κ1) is 19.9. The van der Waals surface area contributed by atoms with Gasteiger partial charge in [-0.1, -0.05) is 24.3 Å². The van der Waals surface area contributed by atoms with Crippen molar-refractivity contribution in [2.24, 2.45) is 0 Å². The number of imide groups is 1. The van der Waals surface area contributed by atoms with Crippen molar-refractivity contribution in [1.29, 1.82) is 0 Å². The van der Waals surface area contributed by atoms with E-state index in [0.29, 0.717) is 23.4 Å². The summed E-state index contributed by atoms with van der Waals surface area (Å²) >= 11 is 0. The van der Waals surface area contributed by atoms with E-state index in [1.807, 2.05) is 49.3 Å². The fourth-order valence-electron chi connectivity index (χ4n) is 4.06. The van der Waals surface area contributed by atoms with E-state index in [0.717, 1.165) is 17.7 Å². The molecule has 2 aromatic rings. The van der Waals surface area contributed by atoms with Gasteiger partial charge in [-0.2, -0.15) is 0 Å². The zero-order valence-corrected chi connectivity index (χ0v) is 17.2. The molecule has 1 fully saturated rings. The third-order valence-corrected chi connectivity index (χ3v) is 5.51. The number of fused-ring (bicyclic) bond motifs is 1. The van der Waals surface area contributed by atoms with Crippen molar-refractivity contribution in [3.8, 4) is 5.75 Å². The van der Waals surface area contributed by atoms with Crippen LogP contribution in [0.2, 0.25) is 0 Å². The van der Waals surface area contributed by atoms with Gasteiger partial charge in [0, 0.05) is 18.7 Å². The topological polar surface area (TPSA) is 91.0 Å². The summed E-state index contributed by atoms with van der Waals surface area (Å²) in [5, 5.41) is 5.09. The zero-order valence-electron chi connectivity index (χ0n) is 17.2. The second-order valence-corrected chi connectivity index (χ2v) is 7.93. The number of carbonyl (C=O) groups is 3. The van der Waals surface area contributed by atoms with Crippen LogP contribution in [0.1, 0.15) is 27.0 Å². The molecule has 0 radical (unpaired) electrons. The molecule has 2 aromatic carbocycles. The van der Waals surface area contributed by atoms with Crippen LogP contribution in [0, 0.1) is 0 Å². The first-order valence-electron chi connectivity index (χ1n) is 9.66. The molecule has 1 saturated heterocycles. The summed E-state index contributed by atoms with van der Waals surface area (Å²) in [7, 11) is 5.53. The first-order valence-corrected chi connectivity index (χ1v) is 9.66. The molecule has 2 aliphatic heterocycles. The van der Waals surface area contributed by atoms with Gasteiger partial charge in [0.2, 0.25) is 0 Å². The Balaban J connectivity index is 1.65. The Morgan fingerprint density at radius 3 is 2.43 bits per heavy atom. The molecule has 0 spiro atoms. The van der Waals surface area contributed by atoms with Crippen LogP contribution in [-0.2, 0) is 23.4 Å². The maximum absolute atomic E-state index is 13.0. The molecule has 156 valence electrons. The van der Waals surface area contributed by atoms with Gasteiger partial charge in [-0.15, -0.1) is 0 Å². The van der Waals surface area contributed by atoms with Crippen LogP contribution in [0.15, 0.2) is 42.5 Å². The molecule has 30 heavy (non-hydrogen) atoms. The van der Waals surface area contributed by atoms with Crippen molar-refractivity contribution in [2.45, 2.75) is 18.6 Å². The highest BCUT2D eigenvalue weighted by Crippen LogP contribution is 2.32. The number of rotatable bonds is 6. The molecule has 4 rings (SSSR count). The lowest BCUT2D eigenvalue weighted by atomic mass is 9.88. The SMILES string of the molecule is COc1ccc2c(c1)CN(CC1(c3ccc(CN(C)C)cc3)NC(=O)NC1=O)C2=O. The molecule has 1 atom stereocenters. The maximum atomic E-state index is 13.0. The molecular formula is C22H24N4O4. The maximum Gasteiger partial charge on any atom is 0.322 e. The Bertz CT molecular complexity index is 1020. The van der Waals surface area contributed by atoms with E-state index in [1.165, 1.54) is 0 Å². The summed E-state index contributed by atoms with van der Waals surface area (Å²) in [4.78, 5) is 41.5. The largest absolute Gasteiger partial charge is 0.497 e. The fourth-order valence-corrected chi connectivity index (χ4v) is 4.06. The molecule has 2 aliphatic rings. The van der Waals surface area contributed by atoms with Gasteiger partial charge in [0.15, 0.2) is 5.54 Å². The van der Waals surface area contributed by atoms with E-state index < -0.39 is 17.5 Å². The average Bonchev–Trinajstić information content (AvgIpc) is 3.17. The fraction of sp³-hybridized carbons (Fsp3) is 0.318. The van der Waals surface area contributed by atoms with E-state index in [4.69, 9.17) is 4.74 Å². The number of nitrogens with one attached hydrogen (secondary N) is 2. The quantitative estimate of drug-likeness (QED) is 0.706. The van der Waals surface area contributed by atoms with Gasteiger partial charge in [0.05, 0.1) is 13.7 Å². The first-order chi connectivity index (χ1) is 14.3. The lowest BCUT2D eigenvalue weighted by Crippen LogP contribution is -2.52. The van der Waals surface area contributed by atoms with Crippen LogP contribution in [0.5, 0.6) is 5.75 Å². The Hall–Kier alpha value is -3.39. The summed E-state index contributed by atoms with van der Waals surface area (Å²) in [5.74, 6) is 0.0286. The zero-order chi connectivity index (χ0) is 21.5. The summed E-state index contributed by atoms with van der Waals surface area (Å²) in [6.45, 7) is 1.13. The molecule has 2 heterocycles. The summed E-state index contributed by atoms with van der Waals surface area (Å²) in [6, 6.07) is 12.3. The standard InChI is InChI=1S/C22H24N4O4/c1-25(2)11-14-4-6-16(7-5-14)22(20(28)23-21(29)24-22)13-26-12-15-10-17(30-3)8-9-18(15)19(26)27/h4-10H,11-13H2,1-3H3,(H2,23,24,28,29). The molecule has 0 aliphatic carbocycles. The van der Waals surface area contributed by atoms with Crippen LogP contribution in [-0.4, -0.2) is 55.4 Å². The molecule has 2 N–H and O–H groups in total. The number of urea groups is 1. The number of nitrogens with zero attached hydrogens (tertiary/aromatic N) is 2. The van der Waals surface area contributed by atoms with Crippen molar-refractivity contribution in [2.75, 3.05) is 27.7 Å². The number of ether oxygens (including phenoxy) is 1. The molecule has 8 heteroatoms. The number of benzene rings is 2. The summed E-state index contributed by atoms with van der Waals surface area (Å²) in [6.07, 6.45) is 0. The molecular weight excluding hydrogens is 384 g/mol. The Labute approximate surface area is 174 Å². The van der Waals surface area contributed by atoms with Gasteiger partial charge in [-0.3, -0.25) is 14.9 Å². The Morgan fingerprint density at radius 2 is 1.83 bits per heavy atom. The van der Waals surface area contributed by atoms with Crippen LogP contribution in [0.25, 0.3) is 0 Å². The predicted octanol–water partition coefficient (Wildman–Crippen LogP) is 1.45. The lowest BCUT2D eigenvalue weighted by Gasteiger charge is -2.31. The van der Waals surface area contributed by atoms with Gasteiger partial charge in [0.25, 0.3) is 11.8 Å². The third-order valence-electron chi connectivity index (χ3n) is 5.51. The summed E-state index contributed by atoms with van der Waals surface area (Å²) < 4.78 is 5.25. The minimum Gasteiger partial charge on any atom is -0.497 e. The second-order valence-electron chi connectivity index (χ2n) is 7.93. The van der Waals surface area contributed by atoms with Gasteiger partial charge in [-0.05, 0) is 49.0 Å². The van der Waals surface area contributed by atoms with Gasteiger partial charge >= 0.3 is 6.03 Å². The van der Waals surface area contributed by atoms with Gasteiger partial charge in [-0.25, -0.2) is 4.79 Å². The second kappa shape index (κ2) is 7.46. The highest BCUT2D eigenvalue weighted by Gasteiger charge is 2.50. The van der Waals surface area contributed by atoms with E-state index >= 15 is 0 Å². The monoisotopic (exact) mass is 408 g/mol. The number of methoxy groups -OCH3 is 1. The normalized spacial score (nSPS) is 20.4. The lowest BCUT2D eigenvalue weighted by molar-refractivity contribution is -0.124. The van der Waals surface area contributed by atoms with E-state index in [1.54, 1.807) is 24.1 Å². The number of amides is 4. The van der Waals surface area contributed by atoms with Crippen LogP contribution < -0.4 is 15.4 Å². The number of hydrogen-bond donors (Lipinski definition) is 2. The minimum atomic E-state index is -1.34. The third kappa shape index (κ3) is 3.39. The predicted molar refractivity (Wildman–Crippen MR) is 110 cm³/mol. The molecule has 0 aromatic heterocycles. The minimum absolute atomic E-state index is 0.0351. The average molecular weight is 408 g/mol. The van der Waals surface area contributed by atoms with Crippen molar-refractivity contribution in [3.63, 3.8) is 0 Å². The van der Waals surface area contributed by atoms with Crippen molar-refractivity contribution >= 4 is 17.8 Å². The summed E-state index contributed by atoms with van der Waals surface area (Å²) in [5.41, 5.74) is 1.79. The highest BCUT2D eigenvalue weighted by atomic mass is 16.5. The van der Waals surface area contributed by atoms with Crippen molar-refractivity contribution < 1.29 is 19.1 Å². The highest BCUT2D eigenvalue weighted by molar-refractivity contribution is 6.08. The number of carbonyl (C=O) groups excluding carboxylic acids is 3. The van der Waals surface area contributed by atoms with Crippen molar-refractivity contribution in [1.82, 2.24) is 20.4 Å². The Morgan fingerprint density at radius 1 is 1.10 bits per heavy atom. The van der Waals surface area contributed by atoms with Crippen molar-refractivity contribution in [3.05, 3.63) is 64.7 Å². The van der Waals surface area contributed by atoms with Gasteiger partial charge < -0.3 is 19.9 Å². The van der Waals surface area contributed by atoms with E-state index in [-0.39, 0.29) is 12.5 Å². The molecule has 0 saturated carbocycles. The van der Waals surface area contributed by atoms with Crippen LogP contribution in [0.3, 0.4) is 0 Å². The number of hydrogen-bond acceptors (Lipinski definition) is 5. The van der Waals surface area contributed by atoms with Crippen LogP contribution >= 0.6 is 0 Å². The molecule has 8 nitrogen and oxygen atoms in total.